The van der Waals surface area contributed by atoms with E-state index in [4.69, 9.17) is 9.47 Å². The molecule has 5 nitrogen and oxygen atoms in total. The van der Waals surface area contributed by atoms with Gasteiger partial charge in [0.2, 0.25) is 5.91 Å². The van der Waals surface area contributed by atoms with Gasteiger partial charge in [0.05, 0.1) is 7.11 Å². The molecule has 0 N–H and O–H groups in total. The first-order valence-electron chi connectivity index (χ1n) is 11.4. The summed E-state index contributed by atoms with van der Waals surface area (Å²) in [4.78, 5) is 17.3. The summed E-state index contributed by atoms with van der Waals surface area (Å²) in [6.07, 6.45) is 3.85. The van der Waals surface area contributed by atoms with Gasteiger partial charge in [-0.3, -0.25) is 4.79 Å². The maximum absolute atomic E-state index is 12.9. The zero-order valence-electron chi connectivity index (χ0n) is 19.2. The van der Waals surface area contributed by atoms with Crippen LogP contribution < -0.4 is 9.47 Å². The molecule has 0 aromatic heterocycles. The minimum atomic E-state index is -0.0169. The van der Waals surface area contributed by atoms with Crippen molar-refractivity contribution in [2.45, 2.75) is 46.3 Å². The van der Waals surface area contributed by atoms with Crippen molar-refractivity contribution in [3.8, 4) is 11.5 Å². The topological polar surface area (TPSA) is 42.0 Å². The molecule has 1 aliphatic heterocycles. The summed E-state index contributed by atoms with van der Waals surface area (Å²) in [6, 6.07) is 16.0. The zero-order valence-corrected chi connectivity index (χ0v) is 19.2. The lowest BCUT2D eigenvalue weighted by molar-refractivity contribution is -0.135. The second-order valence-corrected chi connectivity index (χ2v) is 8.58. The number of piperidine rings is 1. The van der Waals surface area contributed by atoms with Gasteiger partial charge in [-0.05, 0) is 49.2 Å². The lowest BCUT2D eigenvalue weighted by Crippen LogP contribution is -2.41. The summed E-state index contributed by atoms with van der Waals surface area (Å²) in [5.41, 5.74) is 2.16. The molecular weight excluding hydrogens is 388 g/mol. The van der Waals surface area contributed by atoms with E-state index in [2.05, 4.69) is 4.90 Å². The Morgan fingerprint density at radius 3 is 2.42 bits per heavy atom. The van der Waals surface area contributed by atoms with Gasteiger partial charge in [-0.25, -0.2) is 0 Å². The highest BCUT2D eigenvalue weighted by Crippen LogP contribution is 2.29. The van der Waals surface area contributed by atoms with E-state index in [1.165, 1.54) is 19.3 Å². The second-order valence-electron chi connectivity index (χ2n) is 8.58. The fraction of sp³-hybridized carbons (Fsp3) is 0.500. The van der Waals surface area contributed by atoms with Gasteiger partial charge in [-0.2, -0.15) is 0 Å². The van der Waals surface area contributed by atoms with E-state index < -0.39 is 0 Å². The zero-order chi connectivity index (χ0) is 22.1. The third kappa shape index (κ3) is 7.00. The summed E-state index contributed by atoms with van der Waals surface area (Å²) < 4.78 is 11.6. The number of amides is 1. The van der Waals surface area contributed by atoms with Crippen LogP contribution in [-0.4, -0.2) is 49.0 Å². The SMILES string of the molecule is COc1cc(CN(CCN2CCCCC2)C(=O)C(C)C)ccc1OCc1ccccc1. The Hall–Kier alpha value is -2.53. The van der Waals surface area contributed by atoms with Crippen LogP contribution in [0.5, 0.6) is 11.5 Å². The molecule has 1 saturated heterocycles. The first-order valence-corrected chi connectivity index (χ1v) is 11.4. The third-order valence-corrected chi connectivity index (χ3v) is 5.78. The van der Waals surface area contributed by atoms with Crippen LogP contribution >= 0.6 is 0 Å². The molecule has 2 aromatic rings. The minimum Gasteiger partial charge on any atom is -0.493 e. The van der Waals surface area contributed by atoms with Crippen molar-refractivity contribution in [1.29, 1.82) is 0 Å². The molecular formula is C26H36N2O3. The van der Waals surface area contributed by atoms with Crippen molar-refractivity contribution in [3.05, 3.63) is 59.7 Å². The van der Waals surface area contributed by atoms with E-state index in [1.807, 2.05) is 67.3 Å². The maximum atomic E-state index is 12.9. The molecule has 5 heteroatoms. The number of hydrogen-bond donors (Lipinski definition) is 0. The molecule has 1 amide bonds. The third-order valence-electron chi connectivity index (χ3n) is 5.78. The first-order chi connectivity index (χ1) is 15.1. The first kappa shape index (κ1) is 23.1. The predicted octanol–water partition coefficient (Wildman–Crippen LogP) is 4.74. The number of methoxy groups -OCH3 is 1. The van der Waals surface area contributed by atoms with Gasteiger partial charge in [-0.15, -0.1) is 0 Å². The molecule has 1 fully saturated rings. The van der Waals surface area contributed by atoms with E-state index in [9.17, 15) is 4.79 Å². The van der Waals surface area contributed by atoms with E-state index in [1.54, 1.807) is 7.11 Å². The van der Waals surface area contributed by atoms with Gasteiger partial charge < -0.3 is 19.3 Å². The highest BCUT2D eigenvalue weighted by atomic mass is 16.5. The van der Waals surface area contributed by atoms with E-state index >= 15 is 0 Å². The highest BCUT2D eigenvalue weighted by molar-refractivity contribution is 5.78. The molecule has 3 rings (SSSR count). The number of likely N-dealkylation sites (tertiary alicyclic amines) is 1. The van der Waals surface area contributed by atoms with Crippen LogP contribution in [0.25, 0.3) is 0 Å². The van der Waals surface area contributed by atoms with Gasteiger partial charge in [0.15, 0.2) is 11.5 Å². The number of carbonyl (C=O) groups is 1. The van der Waals surface area contributed by atoms with Crippen molar-refractivity contribution < 1.29 is 14.3 Å². The van der Waals surface area contributed by atoms with Gasteiger partial charge in [0.25, 0.3) is 0 Å². The van der Waals surface area contributed by atoms with Crippen molar-refractivity contribution in [2.24, 2.45) is 5.92 Å². The van der Waals surface area contributed by atoms with Gasteiger partial charge in [-0.1, -0.05) is 56.7 Å². The smallest absolute Gasteiger partial charge is 0.225 e. The Labute approximate surface area is 187 Å². The van der Waals surface area contributed by atoms with Gasteiger partial charge >= 0.3 is 0 Å². The number of rotatable bonds is 10. The average molecular weight is 425 g/mol. The van der Waals surface area contributed by atoms with E-state index in [0.29, 0.717) is 24.7 Å². The summed E-state index contributed by atoms with van der Waals surface area (Å²) in [7, 11) is 1.65. The van der Waals surface area contributed by atoms with Crippen LogP contribution in [0.2, 0.25) is 0 Å². The van der Waals surface area contributed by atoms with E-state index in [0.717, 1.165) is 37.3 Å². The monoisotopic (exact) mass is 424 g/mol. The summed E-state index contributed by atoms with van der Waals surface area (Å²) in [5.74, 6) is 1.59. The Bertz CT molecular complexity index is 817. The molecule has 31 heavy (non-hydrogen) atoms. The fourth-order valence-corrected chi connectivity index (χ4v) is 3.96. The van der Waals surface area contributed by atoms with Crippen LogP contribution in [0.4, 0.5) is 0 Å². The normalized spacial score (nSPS) is 14.5. The van der Waals surface area contributed by atoms with Crippen LogP contribution in [0.1, 0.15) is 44.2 Å². The standard InChI is InChI=1S/C26H36N2O3/c1-21(2)26(29)28(17-16-27-14-8-5-9-15-27)19-23-12-13-24(25(18-23)30-3)31-20-22-10-6-4-7-11-22/h4,6-7,10-13,18,21H,5,8-9,14-17,19-20H2,1-3H3. The number of hydrogen-bond acceptors (Lipinski definition) is 4. The van der Waals surface area contributed by atoms with Gasteiger partial charge in [0, 0.05) is 25.6 Å². The Morgan fingerprint density at radius 2 is 1.74 bits per heavy atom. The number of ether oxygens (including phenoxy) is 2. The molecule has 0 atom stereocenters. The van der Waals surface area contributed by atoms with Crippen LogP contribution in [0.3, 0.4) is 0 Å². The second kappa shape index (κ2) is 11.8. The average Bonchev–Trinajstić information content (AvgIpc) is 2.81. The molecule has 1 aliphatic rings. The van der Waals surface area contributed by atoms with Gasteiger partial charge in [0.1, 0.15) is 6.61 Å². The molecule has 0 aliphatic carbocycles. The van der Waals surface area contributed by atoms with Crippen LogP contribution in [0, 0.1) is 5.92 Å². The van der Waals surface area contributed by atoms with E-state index in [-0.39, 0.29) is 11.8 Å². The maximum Gasteiger partial charge on any atom is 0.225 e. The molecule has 1 heterocycles. The Morgan fingerprint density at radius 1 is 1.00 bits per heavy atom. The molecule has 0 saturated carbocycles. The lowest BCUT2D eigenvalue weighted by Gasteiger charge is -2.31. The quantitative estimate of drug-likeness (QED) is 0.552. The summed E-state index contributed by atoms with van der Waals surface area (Å²) >= 11 is 0. The summed E-state index contributed by atoms with van der Waals surface area (Å²) in [5, 5.41) is 0. The Balaban J connectivity index is 1.65. The van der Waals surface area contributed by atoms with Crippen LogP contribution in [-0.2, 0) is 17.9 Å². The molecule has 0 bridgehead atoms. The van der Waals surface area contributed by atoms with Crippen LogP contribution in [0.15, 0.2) is 48.5 Å². The van der Waals surface area contributed by atoms with Crippen molar-refractivity contribution in [3.63, 3.8) is 0 Å². The fourth-order valence-electron chi connectivity index (χ4n) is 3.96. The molecule has 0 spiro atoms. The molecule has 2 aromatic carbocycles. The molecule has 0 unspecified atom stereocenters. The predicted molar refractivity (Wildman–Crippen MR) is 124 cm³/mol. The van der Waals surface area contributed by atoms with Crippen molar-refractivity contribution in [2.75, 3.05) is 33.3 Å². The highest BCUT2D eigenvalue weighted by Gasteiger charge is 2.20. The lowest BCUT2D eigenvalue weighted by atomic mass is 10.1. The number of carbonyl (C=O) groups excluding carboxylic acids is 1. The van der Waals surface area contributed by atoms with Crippen molar-refractivity contribution in [1.82, 2.24) is 9.80 Å². The Kier molecular flexibility index (Phi) is 8.77. The van der Waals surface area contributed by atoms with Crippen molar-refractivity contribution >= 4 is 5.91 Å². The number of benzene rings is 2. The largest absolute Gasteiger partial charge is 0.493 e. The molecule has 168 valence electrons. The number of nitrogens with zero attached hydrogens (tertiary/aromatic N) is 2. The summed E-state index contributed by atoms with van der Waals surface area (Å²) in [6.45, 7) is 8.99. The minimum absolute atomic E-state index is 0.0169. The molecule has 0 radical (unpaired) electrons.